The Hall–Kier alpha value is -1.59. The summed E-state index contributed by atoms with van der Waals surface area (Å²) < 4.78 is 0. The zero-order chi connectivity index (χ0) is 17.5. The standard InChI is InChI=1S/C19H33N5/c1-5-16-6-8-17(9-7-16)22-19(20)21-14-18(15(2)3)24-12-10-23(4)11-13-24/h6-9,15,18H,5,10-14H2,1-4H3,(H3,20,21,22). The first-order valence-corrected chi connectivity index (χ1v) is 9.08. The first kappa shape index (κ1) is 18.7. The molecule has 0 amide bonds. The zero-order valence-corrected chi connectivity index (χ0v) is 15.6. The molecule has 1 unspecified atom stereocenters. The van der Waals surface area contributed by atoms with Crippen molar-refractivity contribution in [2.45, 2.75) is 33.2 Å². The highest BCUT2D eigenvalue weighted by Crippen LogP contribution is 2.14. The first-order valence-electron chi connectivity index (χ1n) is 9.08. The van der Waals surface area contributed by atoms with Gasteiger partial charge in [-0.1, -0.05) is 32.9 Å². The minimum absolute atomic E-state index is 0.446. The highest BCUT2D eigenvalue weighted by molar-refractivity contribution is 5.92. The average Bonchev–Trinajstić information content (AvgIpc) is 2.57. The summed E-state index contributed by atoms with van der Waals surface area (Å²) in [6, 6.07) is 8.80. The molecule has 5 heteroatoms. The van der Waals surface area contributed by atoms with Crippen LogP contribution in [0, 0.1) is 5.92 Å². The van der Waals surface area contributed by atoms with Crippen LogP contribution in [0.1, 0.15) is 26.3 Å². The van der Waals surface area contributed by atoms with E-state index in [0.29, 0.717) is 17.9 Å². The number of nitrogens with zero attached hydrogens (tertiary/aromatic N) is 3. The Morgan fingerprint density at radius 3 is 2.33 bits per heavy atom. The van der Waals surface area contributed by atoms with Crippen molar-refractivity contribution >= 4 is 11.6 Å². The molecule has 0 aliphatic carbocycles. The Kier molecular flexibility index (Phi) is 7.06. The van der Waals surface area contributed by atoms with E-state index in [0.717, 1.165) is 44.8 Å². The van der Waals surface area contributed by atoms with Gasteiger partial charge in [0, 0.05) is 37.9 Å². The van der Waals surface area contributed by atoms with E-state index in [1.165, 1.54) is 5.56 Å². The quantitative estimate of drug-likeness (QED) is 0.620. The number of piperazine rings is 1. The van der Waals surface area contributed by atoms with Crippen LogP contribution in [0.25, 0.3) is 0 Å². The number of aliphatic imine (C=N–C) groups is 1. The van der Waals surface area contributed by atoms with Crippen LogP contribution < -0.4 is 11.1 Å². The van der Waals surface area contributed by atoms with Crippen LogP contribution in [0.15, 0.2) is 29.3 Å². The molecule has 1 heterocycles. The molecule has 0 spiro atoms. The van der Waals surface area contributed by atoms with E-state index in [9.17, 15) is 0 Å². The molecule has 1 atom stereocenters. The third-order valence-electron chi connectivity index (χ3n) is 4.86. The molecule has 0 radical (unpaired) electrons. The fourth-order valence-corrected chi connectivity index (χ4v) is 3.10. The number of likely N-dealkylation sites (N-methyl/N-ethyl adjacent to an activating group) is 1. The number of hydrogen-bond donors (Lipinski definition) is 2. The van der Waals surface area contributed by atoms with Crippen LogP contribution >= 0.6 is 0 Å². The molecule has 134 valence electrons. The highest BCUT2D eigenvalue weighted by atomic mass is 15.3. The summed E-state index contributed by atoms with van der Waals surface area (Å²) in [5.74, 6) is 1.06. The lowest BCUT2D eigenvalue weighted by molar-refractivity contribution is 0.0926. The molecule has 0 bridgehead atoms. The van der Waals surface area contributed by atoms with Gasteiger partial charge in [0.25, 0.3) is 0 Å². The molecule has 1 aromatic carbocycles. The Morgan fingerprint density at radius 1 is 1.17 bits per heavy atom. The summed E-state index contributed by atoms with van der Waals surface area (Å²) in [5, 5.41) is 3.20. The Balaban J connectivity index is 1.92. The zero-order valence-electron chi connectivity index (χ0n) is 15.6. The van der Waals surface area contributed by atoms with Crippen LogP contribution in [0.5, 0.6) is 0 Å². The van der Waals surface area contributed by atoms with Gasteiger partial charge in [-0.05, 0) is 37.1 Å². The lowest BCUT2D eigenvalue weighted by Crippen LogP contribution is -2.51. The number of aryl methyl sites for hydroxylation is 1. The van der Waals surface area contributed by atoms with Gasteiger partial charge in [-0.3, -0.25) is 9.89 Å². The van der Waals surface area contributed by atoms with Gasteiger partial charge in [0.2, 0.25) is 0 Å². The van der Waals surface area contributed by atoms with E-state index in [-0.39, 0.29) is 0 Å². The van der Waals surface area contributed by atoms with Crippen molar-refractivity contribution < 1.29 is 0 Å². The molecule has 1 aliphatic heterocycles. The number of benzene rings is 1. The molecule has 24 heavy (non-hydrogen) atoms. The molecule has 5 nitrogen and oxygen atoms in total. The van der Waals surface area contributed by atoms with Crippen molar-refractivity contribution in [2.24, 2.45) is 16.6 Å². The Labute approximate surface area is 146 Å². The molecule has 3 N–H and O–H groups in total. The Morgan fingerprint density at radius 2 is 1.79 bits per heavy atom. The van der Waals surface area contributed by atoms with Crippen LogP contribution in [-0.4, -0.2) is 61.6 Å². The second-order valence-corrected chi connectivity index (χ2v) is 7.05. The van der Waals surface area contributed by atoms with Crippen LogP contribution in [-0.2, 0) is 6.42 Å². The maximum atomic E-state index is 6.09. The highest BCUT2D eigenvalue weighted by Gasteiger charge is 2.24. The fraction of sp³-hybridized carbons (Fsp3) is 0.632. The van der Waals surface area contributed by atoms with E-state index < -0.39 is 0 Å². The van der Waals surface area contributed by atoms with Gasteiger partial charge in [-0.15, -0.1) is 0 Å². The maximum absolute atomic E-state index is 6.09. The number of nitrogens with two attached hydrogens (primary N) is 1. The van der Waals surface area contributed by atoms with Gasteiger partial charge >= 0.3 is 0 Å². The fourth-order valence-electron chi connectivity index (χ4n) is 3.10. The van der Waals surface area contributed by atoms with Crippen LogP contribution in [0.4, 0.5) is 5.69 Å². The molecular formula is C19H33N5. The number of guanidine groups is 1. The number of hydrogen-bond acceptors (Lipinski definition) is 3. The van der Waals surface area contributed by atoms with E-state index >= 15 is 0 Å². The largest absolute Gasteiger partial charge is 0.370 e. The molecule has 1 aliphatic rings. The molecular weight excluding hydrogens is 298 g/mol. The summed E-state index contributed by atoms with van der Waals surface area (Å²) in [6.07, 6.45) is 1.05. The van der Waals surface area contributed by atoms with Crippen molar-refractivity contribution in [1.29, 1.82) is 0 Å². The SMILES string of the molecule is CCc1ccc(NC(N)=NCC(C(C)C)N2CCN(C)CC2)cc1. The third kappa shape index (κ3) is 5.49. The van der Waals surface area contributed by atoms with E-state index in [2.05, 4.69) is 72.2 Å². The smallest absolute Gasteiger partial charge is 0.193 e. The van der Waals surface area contributed by atoms with Crippen molar-refractivity contribution in [1.82, 2.24) is 9.80 Å². The molecule has 0 saturated carbocycles. The molecule has 0 aromatic heterocycles. The topological polar surface area (TPSA) is 56.9 Å². The second kappa shape index (κ2) is 9.04. The maximum Gasteiger partial charge on any atom is 0.193 e. The summed E-state index contributed by atoms with van der Waals surface area (Å²) >= 11 is 0. The second-order valence-electron chi connectivity index (χ2n) is 7.05. The van der Waals surface area contributed by atoms with Crippen molar-refractivity contribution in [3.05, 3.63) is 29.8 Å². The summed E-state index contributed by atoms with van der Waals surface area (Å²) in [5.41, 5.74) is 8.41. The first-order chi connectivity index (χ1) is 11.5. The van der Waals surface area contributed by atoms with Crippen molar-refractivity contribution in [2.75, 3.05) is 45.1 Å². The number of rotatable bonds is 6. The van der Waals surface area contributed by atoms with Crippen LogP contribution in [0.3, 0.4) is 0 Å². The normalized spacial score (nSPS) is 18.8. The van der Waals surface area contributed by atoms with Gasteiger partial charge in [0.05, 0.1) is 6.54 Å². The van der Waals surface area contributed by atoms with Crippen molar-refractivity contribution in [3.63, 3.8) is 0 Å². The minimum atomic E-state index is 0.446. The molecule has 2 rings (SSSR count). The van der Waals surface area contributed by atoms with Gasteiger partial charge in [0.15, 0.2) is 5.96 Å². The summed E-state index contributed by atoms with van der Waals surface area (Å²) in [4.78, 5) is 9.54. The monoisotopic (exact) mass is 331 g/mol. The molecule has 1 saturated heterocycles. The number of nitrogens with one attached hydrogen (secondary N) is 1. The average molecular weight is 332 g/mol. The van der Waals surface area contributed by atoms with Crippen molar-refractivity contribution in [3.8, 4) is 0 Å². The third-order valence-corrected chi connectivity index (χ3v) is 4.86. The predicted molar refractivity (Wildman–Crippen MR) is 104 cm³/mol. The number of anilines is 1. The van der Waals surface area contributed by atoms with E-state index in [4.69, 9.17) is 5.73 Å². The summed E-state index contributed by atoms with van der Waals surface area (Å²) in [7, 11) is 2.19. The van der Waals surface area contributed by atoms with E-state index in [1.807, 2.05) is 0 Å². The lowest BCUT2D eigenvalue weighted by Gasteiger charge is -2.39. The van der Waals surface area contributed by atoms with Gasteiger partial charge in [0.1, 0.15) is 0 Å². The van der Waals surface area contributed by atoms with E-state index in [1.54, 1.807) is 0 Å². The predicted octanol–water partition coefficient (Wildman–Crippen LogP) is 2.25. The van der Waals surface area contributed by atoms with Crippen LogP contribution in [0.2, 0.25) is 0 Å². The van der Waals surface area contributed by atoms with Gasteiger partial charge < -0.3 is 16.0 Å². The molecule has 1 aromatic rings. The minimum Gasteiger partial charge on any atom is -0.370 e. The summed E-state index contributed by atoms with van der Waals surface area (Å²) in [6.45, 7) is 11.9. The lowest BCUT2D eigenvalue weighted by atomic mass is 10.0. The van der Waals surface area contributed by atoms with Gasteiger partial charge in [-0.25, -0.2) is 0 Å². The Bertz CT molecular complexity index is 515. The molecule has 1 fully saturated rings. The van der Waals surface area contributed by atoms with Gasteiger partial charge in [-0.2, -0.15) is 0 Å².